The Bertz CT molecular complexity index is 374. The molecule has 22 heavy (non-hydrogen) atoms. The van der Waals surface area contributed by atoms with E-state index in [9.17, 15) is 4.79 Å². The van der Waals surface area contributed by atoms with Crippen LogP contribution in [0.15, 0.2) is 24.3 Å². The zero-order valence-corrected chi connectivity index (χ0v) is 15.9. The minimum absolute atomic E-state index is 0.105. The zero-order chi connectivity index (χ0) is 17.4. The molecule has 0 saturated heterocycles. The number of quaternary nitrogens is 1. The Morgan fingerprint density at radius 2 is 1.77 bits per heavy atom. The molecule has 0 aliphatic carbocycles. The highest BCUT2D eigenvalue weighted by atomic mass is 16.1. The maximum atomic E-state index is 12.2. The SMILES string of the molecule is CC.CC.CCCCC[NH2+]CC(C)C(=O)c1cccc(C)c1. The first-order valence-electron chi connectivity index (χ1n) is 9.07. The molecule has 128 valence electrons. The predicted octanol–water partition coefficient (Wildman–Crippen LogP) is 4.62. The monoisotopic (exact) mass is 308 g/mol. The van der Waals surface area contributed by atoms with Crippen molar-refractivity contribution in [1.29, 1.82) is 0 Å². The number of Topliss-reactive ketones (excluding diaryl/α,β-unsaturated/α-hetero) is 1. The lowest BCUT2D eigenvalue weighted by molar-refractivity contribution is -0.658. The molecule has 0 heterocycles. The van der Waals surface area contributed by atoms with Crippen LogP contribution in [0, 0.1) is 12.8 Å². The van der Waals surface area contributed by atoms with Crippen molar-refractivity contribution in [1.82, 2.24) is 0 Å². The van der Waals surface area contributed by atoms with Crippen molar-refractivity contribution in [2.75, 3.05) is 13.1 Å². The van der Waals surface area contributed by atoms with Gasteiger partial charge in [-0.15, -0.1) is 0 Å². The van der Waals surface area contributed by atoms with Gasteiger partial charge in [-0.1, -0.05) is 64.8 Å². The van der Waals surface area contributed by atoms with Crippen LogP contribution in [0.5, 0.6) is 0 Å². The van der Waals surface area contributed by atoms with Gasteiger partial charge in [-0.2, -0.15) is 0 Å². The van der Waals surface area contributed by atoms with E-state index in [1.807, 2.05) is 65.8 Å². The number of aryl methyl sites for hydroxylation is 1. The minimum atomic E-state index is 0.105. The number of carbonyl (C=O) groups excluding carboxylic acids is 1. The summed E-state index contributed by atoms with van der Waals surface area (Å²) in [5.41, 5.74) is 2.00. The molecular formula is C20H38NO+. The summed E-state index contributed by atoms with van der Waals surface area (Å²) in [7, 11) is 0. The van der Waals surface area contributed by atoms with Crippen molar-refractivity contribution >= 4 is 5.78 Å². The minimum Gasteiger partial charge on any atom is -0.346 e. The van der Waals surface area contributed by atoms with Gasteiger partial charge in [0.25, 0.3) is 0 Å². The zero-order valence-electron chi connectivity index (χ0n) is 15.9. The van der Waals surface area contributed by atoms with E-state index < -0.39 is 0 Å². The normalized spacial score (nSPS) is 10.7. The van der Waals surface area contributed by atoms with E-state index in [2.05, 4.69) is 12.2 Å². The molecule has 0 spiro atoms. The van der Waals surface area contributed by atoms with Gasteiger partial charge in [0.05, 0.1) is 19.0 Å². The second-order valence-electron chi connectivity index (χ2n) is 5.15. The van der Waals surface area contributed by atoms with Gasteiger partial charge in [0.2, 0.25) is 0 Å². The van der Waals surface area contributed by atoms with E-state index in [1.54, 1.807) is 0 Å². The number of unbranched alkanes of at least 4 members (excludes halogenated alkanes) is 2. The lowest BCUT2D eigenvalue weighted by Gasteiger charge is -2.10. The molecule has 1 aromatic rings. The number of ketones is 1. The van der Waals surface area contributed by atoms with Crippen LogP contribution in [0.4, 0.5) is 0 Å². The largest absolute Gasteiger partial charge is 0.346 e. The summed E-state index contributed by atoms with van der Waals surface area (Å²) < 4.78 is 0. The van der Waals surface area contributed by atoms with Crippen molar-refractivity contribution in [3.8, 4) is 0 Å². The molecule has 1 aromatic carbocycles. The standard InChI is InChI=1S/C16H25NO.2C2H6/c1-4-5-6-10-17-12-14(3)16(18)15-9-7-8-13(2)11-15;2*1-2/h7-9,11,14,17H,4-6,10,12H2,1-3H3;2*1-2H3/p+1. The summed E-state index contributed by atoms with van der Waals surface area (Å²) in [6.07, 6.45) is 3.80. The van der Waals surface area contributed by atoms with Gasteiger partial charge in [-0.25, -0.2) is 0 Å². The molecule has 0 aromatic heterocycles. The highest BCUT2D eigenvalue weighted by Crippen LogP contribution is 2.09. The molecule has 1 unspecified atom stereocenters. The van der Waals surface area contributed by atoms with Gasteiger partial charge >= 0.3 is 0 Å². The molecule has 0 amide bonds. The van der Waals surface area contributed by atoms with Crippen LogP contribution >= 0.6 is 0 Å². The molecule has 2 nitrogen and oxygen atoms in total. The van der Waals surface area contributed by atoms with Crippen LogP contribution in [0.1, 0.15) is 76.7 Å². The quantitative estimate of drug-likeness (QED) is 0.552. The Morgan fingerprint density at radius 1 is 1.14 bits per heavy atom. The molecule has 1 rings (SSSR count). The summed E-state index contributed by atoms with van der Waals surface area (Å²) in [5.74, 6) is 0.374. The van der Waals surface area contributed by atoms with E-state index in [4.69, 9.17) is 0 Å². The first kappa shape index (κ1) is 23.1. The van der Waals surface area contributed by atoms with Crippen LogP contribution in [-0.2, 0) is 0 Å². The van der Waals surface area contributed by atoms with E-state index in [1.165, 1.54) is 19.3 Å². The molecular weight excluding hydrogens is 270 g/mol. The molecule has 2 N–H and O–H groups in total. The van der Waals surface area contributed by atoms with Gasteiger partial charge in [0.1, 0.15) is 0 Å². The lowest BCUT2D eigenvalue weighted by atomic mass is 9.98. The van der Waals surface area contributed by atoms with Crippen LogP contribution in [-0.4, -0.2) is 18.9 Å². The summed E-state index contributed by atoms with van der Waals surface area (Å²) in [5, 5.41) is 2.27. The number of hydrogen-bond acceptors (Lipinski definition) is 1. The van der Waals surface area contributed by atoms with E-state index in [-0.39, 0.29) is 11.7 Å². The van der Waals surface area contributed by atoms with Crippen LogP contribution in [0.3, 0.4) is 0 Å². The van der Waals surface area contributed by atoms with Crippen molar-refractivity contribution < 1.29 is 10.1 Å². The topological polar surface area (TPSA) is 33.7 Å². The summed E-state index contributed by atoms with van der Waals surface area (Å²) in [4.78, 5) is 12.2. The molecule has 0 saturated carbocycles. The molecule has 1 atom stereocenters. The highest BCUT2D eigenvalue weighted by molar-refractivity contribution is 5.97. The van der Waals surface area contributed by atoms with Gasteiger partial charge < -0.3 is 5.32 Å². The summed E-state index contributed by atoms with van der Waals surface area (Å²) >= 11 is 0. The fourth-order valence-electron chi connectivity index (χ4n) is 2.10. The van der Waals surface area contributed by atoms with Crippen LogP contribution < -0.4 is 5.32 Å². The Balaban J connectivity index is 0. The Labute approximate surface area is 138 Å². The lowest BCUT2D eigenvalue weighted by Crippen LogP contribution is -2.85. The first-order valence-corrected chi connectivity index (χ1v) is 9.07. The summed E-state index contributed by atoms with van der Waals surface area (Å²) in [6.45, 7) is 16.3. The average molecular weight is 309 g/mol. The van der Waals surface area contributed by atoms with Crippen molar-refractivity contribution in [2.24, 2.45) is 5.92 Å². The Kier molecular flexibility index (Phi) is 17.1. The van der Waals surface area contributed by atoms with Crippen molar-refractivity contribution in [3.63, 3.8) is 0 Å². The second kappa shape index (κ2) is 16.2. The van der Waals surface area contributed by atoms with Crippen LogP contribution in [0.25, 0.3) is 0 Å². The van der Waals surface area contributed by atoms with Crippen LogP contribution in [0.2, 0.25) is 0 Å². The first-order chi connectivity index (χ1) is 10.6. The fraction of sp³-hybridized carbons (Fsp3) is 0.650. The average Bonchev–Trinajstić information content (AvgIpc) is 2.57. The number of nitrogens with two attached hydrogens (primary N) is 1. The number of carbonyl (C=O) groups is 1. The number of benzene rings is 1. The van der Waals surface area contributed by atoms with Gasteiger partial charge in [0, 0.05) is 5.56 Å². The predicted molar refractivity (Wildman–Crippen MR) is 98.6 cm³/mol. The van der Waals surface area contributed by atoms with E-state index in [0.29, 0.717) is 0 Å². The third-order valence-electron chi connectivity index (χ3n) is 3.28. The second-order valence-corrected chi connectivity index (χ2v) is 5.15. The third kappa shape index (κ3) is 10.6. The van der Waals surface area contributed by atoms with Gasteiger partial charge in [-0.05, 0) is 32.8 Å². The Morgan fingerprint density at radius 3 is 2.32 bits per heavy atom. The molecule has 0 bridgehead atoms. The van der Waals surface area contributed by atoms with E-state index in [0.717, 1.165) is 24.2 Å². The van der Waals surface area contributed by atoms with E-state index >= 15 is 0 Å². The summed E-state index contributed by atoms with van der Waals surface area (Å²) in [6, 6.07) is 7.89. The van der Waals surface area contributed by atoms with Gasteiger partial charge in [-0.3, -0.25) is 4.79 Å². The maximum absolute atomic E-state index is 12.2. The number of rotatable bonds is 8. The smallest absolute Gasteiger partial charge is 0.171 e. The third-order valence-corrected chi connectivity index (χ3v) is 3.28. The number of hydrogen-bond donors (Lipinski definition) is 1. The molecule has 0 aliphatic heterocycles. The molecule has 0 radical (unpaired) electrons. The Hall–Kier alpha value is -1.15. The molecule has 0 fully saturated rings. The maximum Gasteiger partial charge on any atom is 0.171 e. The van der Waals surface area contributed by atoms with Gasteiger partial charge in [0.15, 0.2) is 5.78 Å². The molecule has 2 heteroatoms. The van der Waals surface area contributed by atoms with Crippen molar-refractivity contribution in [3.05, 3.63) is 35.4 Å². The highest BCUT2D eigenvalue weighted by Gasteiger charge is 2.16. The molecule has 0 aliphatic rings. The van der Waals surface area contributed by atoms with Crippen molar-refractivity contribution in [2.45, 2.75) is 67.7 Å². The fourth-order valence-corrected chi connectivity index (χ4v) is 2.10.